The van der Waals surface area contributed by atoms with E-state index >= 15 is 0 Å². The molecule has 0 fully saturated rings. The average Bonchev–Trinajstić information content (AvgIpc) is 2.39. The average molecular weight is 336 g/mol. The van der Waals surface area contributed by atoms with Gasteiger partial charge >= 0.3 is 0 Å². The first-order valence-electron chi connectivity index (χ1n) is 5.78. The number of anilines is 1. The smallest absolute Gasteiger partial charge is 0.0991 e. The second kappa shape index (κ2) is 6.10. The molecule has 0 spiro atoms. The van der Waals surface area contributed by atoms with Gasteiger partial charge in [0.25, 0.3) is 0 Å². The van der Waals surface area contributed by atoms with Crippen LogP contribution in [0, 0.1) is 18.3 Å². The maximum atomic E-state index is 8.84. The fraction of sp³-hybridized carbons (Fsp3) is 0.133. The summed E-state index contributed by atoms with van der Waals surface area (Å²) in [5.41, 5.74) is 3.96. The van der Waals surface area contributed by atoms with Crippen molar-refractivity contribution in [1.29, 1.82) is 5.26 Å². The van der Waals surface area contributed by atoms with Crippen molar-refractivity contribution in [2.24, 2.45) is 0 Å². The van der Waals surface area contributed by atoms with Crippen molar-refractivity contribution < 1.29 is 0 Å². The number of hydrogen-bond donors (Lipinski definition) is 1. The third-order valence-corrected chi connectivity index (χ3v) is 3.76. The highest BCUT2D eigenvalue weighted by Crippen LogP contribution is 2.26. The molecule has 2 rings (SSSR count). The second-order valence-electron chi connectivity index (χ2n) is 4.23. The normalized spacial score (nSPS) is 10.0. The van der Waals surface area contributed by atoms with Crippen molar-refractivity contribution in [3.63, 3.8) is 0 Å². The molecule has 0 unspecified atom stereocenters. The lowest BCUT2D eigenvalue weighted by Gasteiger charge is -2.11. The highest BCUT2D eigenvalue weighted by Gasteiger charge is 2.03. The first-order chi connectivity index (χ1) is 9.10. The van der Waals surface area contributed by atoms with Crippen molar-refractivity contribution in [3.05, 3.63) is 62.6 Å². The fourth-order valence-corrected chi connectivity index (χ4v) is 2.61. The Balaban J connectivity index is 2.13. The van der Waals surface area contributed by atoms with Crippen LogP contribution in [0.5, 0.6) is 0 Å². The first kappa shape index (κ1) is 13.9. The van der Waals surface area contributed by atoms with Gasteiger partial charge in [-0.3, -0.25) is 0 Å². The van der Waals surface area contributed by atoms with Crippen LogP contribution in [0.1, 0.15) is 16.7 Å². The molecule has 0 aliphatic rings. The maximum Gasteiger partial charge on any atom is 0.0991 e. The van der Waals surface area contributed by atoms with Crippen LogP contribution in [0.25, 0.3) is 0 Å². The highest BCUT2D eigenvalue weighted by molar-refractivity contribution is 9.10. The molecule has 0 aliphatic carbocycles. The lowest BCUT2D eigenvalue weighted by atomic mass is 10.1. The SMILES string of the molecule is Cc1cc(C#N)ccc1CNc1ccc(Cl)cc1Br. The Morgan fingerprint density at radius 2 is 2.05 bits per heavy atom. The van der Waals surface area contributed by atoms with E-state index in [0.717, 1.165) is 15.7 Å². The maximum absolute atomic E-state index is 8.84. The molecular formula is C15H12BrClN2. The number of halogens is 2. The Morgan fingerprint density at radius 1 is 1.26 bits per heavy atom. The van der Waals surface area contributed by atoms with Gasteiger partial charge in [0.15, 0.2) is 0 Å². The van der Waals surface area contributed by atoms with E-state index in [2.05, 4.69) is 27.3 Å². The molecule has 2 aromatic rings. The molecule has 4 heteroatoms. The zero-order valence-electron chi connectivity index (χ0n) is 10.4. The molecule has 0 atom stereocenters. The quantitative estimate of drug-likeness (QED) is 0.866. The molecule has 0 saturated heterocycles. The van der Waals surface area contributed by atoms with Crippen LogP contribution in [0.4, 0.5) is 5.69 Å². The number of nitrogens with one attached hydrogen (secondary N) is 1. The van der Waals surface area contributed by atoms with Gasteiger partial charge < -0.3 is 5.32 Å². The van der Waals surface area contributed by atoms with Gasteiger partial charge in [0.2, 0.25) is 0 Å². The van der Waals surface area contributed by atoms with Crippen molar-refractivity contribution in [2.75, 3.05) is 5.32 Å². The molecule has 0 bridgehead atoms. The Hall–Kier alpha value is -1.50. The van der Waals surface area contributed by atoms with E-state index in [-0.39, 0.29) is 0 Å². The Bertz CT molecular complexity index is 647. The summed E-state index contributed by atoms with van der Waals surface area (Å²) in [4.78, 5) is 0. The van der Waals surface area contributed by atoms with Crippen molar-refractivity contribution in [3.8, 4) is 6.07 Å². The molecule has 19 heavy (non-hydrogen) atoms. The molecule has 2 aromatic carbocycles. The summed E-state index contributed by atoms with van der Waals surface area (Å²) in [5.74, 6) is 0. The molecule has 2 nitrogen and oxygen atoms in total. The lowest BCUT2D eigenvalue weighted by Crippen LogP contribution is -2.02. The van der Waals surface area contributed by atoms with Crippen LogP contribution in [-0.2, 0) is 6.54 Å². The number of nitriles is 1. The summed E-state index contributed by atoms with van der Waals surface area (Å²) >= 11 is 9.38. The monoisotopic (exact) mass is 334 g/mol. The summed E-state index contributed by atoms with van der Waals surface area (Å²) in [6, 6.07) is 13.5. The van der Waals surface area contributed by atoms with Gasteiger partial charge in [0, 0.05) is 21.7 Å². The molecule has 1 N–H and O–H groups in total. The zero-order chi connectivity index (χ0) is 13.8. The number of rotatable bonds is 3. The summed E-state index contributed by atoms with van der Waals surface area (Å²) in [5, 5.41) is 12.9. The lowest BCUT2D eigenvalue weighted by molar-refractivity contribution is 1.11. The zero-order valence-corrected chi connectivity index (χ0v) is 12.7. The topological polar surface area (TPSA) is 35.8 Å². The standard InChI is InChI=1S/C15H12BrClN2/c1-10-6-11(8-18)2-3-12(10)9-19-15-5-4-13(17)7-14(15)16/h2-7,19H,9H2,1H3. The largest absolute Gasteiger partial charge is 0.380 e. The van der Waals surface area contributed by atoms with E-state index in [4.69, 9.17) is 16.9 Å². The number of benzene rings is 2. The highest BCUT2D eigenvalue weighted by atomic mass is 79.9. The molecule has 0 aliphatic heterocycles. The minimum absolute atomic E-state index is 0.689. The van der Waals surface area contributed by atoms with Crippen LogP contribution < -0.4 is 5.32 Å². The van der Waals surface area contributed by atoms with Crippen molar-refractivity contribution in [2.45, 2.75) is 13.5 Å². The van der Waals surface area contributed by atoms with Crippen LogP contribution >= 0.6 is 27.5 Å². The Morgan fingerprint density at radius 3 is 2.68 bits per heavy atom. The Kier molecular flexibility index (Phi) is 4.47. The molecule has 0 saturated carbocycles. The summed E-state index contributed by atoms with van der Waals surface area (Å²) in [7, 11) is 0. The molecule has 0 amide bonds. The molecule has 0 radical (unpaired) electrons. The van der Waals surface area contributed by atoms with Crippen LogP contribution in [-0.4, -0.2) is 0 Å². The van der Waals surface area contributed by atoms with Crippen molar-refractivity contribution in [1.82, 2.24) is 0 Å². The predicted molar refractivity (Wildman–Crippen MR) is 82.4 cm³/mol. The number of hydrogen-bond acceptors (Lipinski definition) is 2. The summed E-state index contributed by atoms with van der Waals surface area (Å²) < 4.78 is 0.936. The number of aryl methyl sites for hydroxylation is 1. The van der Waals surface area contributed by atoms with E-state index in [1.54, 1.807) is 0 Å². The fourth-order valence-electron chi connectivity index (χ4n) is 1.79. The van der Waals surface area contributed by atoms with Crippen molar-refractivity contribution >= 4 is 33.2 Å². The third-order valence-electron chi connectivity index (χ3n) is 2.87. The molecule has 0 heterocycles. The minimum atomic E-state index is 0.689. The van der Waals surface area contributed by atoms with Gasteiger partial charge in [-0.2, -0.15) is 5.26 Å². The Labute approximate surface area is 126 Å². The van der Waals surface area contributed by atoms with Crippen LogP contribution in [0.15, 0.2) is 40.9 Å². The van der Waals surface area contributed by atoms with Crippen LogP contribution in [0.3, 0.4) is 0 Å². The van der Waals surface area contributed by atoms with E-state index in [1.165, 1.54) is 5.56 Å². The summed E-state index contributed by atoms with van der Waals surface area (Å²) in [6.07, 6.45) is 0. The van der Waals surface area contributed by atoms with Crippen LogP contribution in [0.2, 0.25) is 5.02 Å². The second-order valence-corrected chi connectivity index (χ2v) is 5.52. The van der Waals surface area contributed by atoms with Gasteiger partial charge in [0.1, 0.15) is 0 Å². The summed E-state index contributed by atoms with van der Waals surface area (Å²) in [6.45, 7) is 2.71. The third kappa shape index (κ3) is 3.50. The number of nitrogens with zero attached hydrogens (tertiary/aromatic N) is 1. The van der Waals surface area contributed by atoms with E-state index < -0.39 is 0 Å². The molecule has 96 valence electrons. The van der Waals surface area contributed by atoms with E-state index in [0.29, 0.717) is 17.1 Å². The van der Waals surface area contributed by atoms with Gasteiger partial charge in [-0.15, -0.1) is 0 Å². The minimum Gasteiger partial charge on any atom is -0.380 e. The van der Waals surface area contributed by atoms with Gasteiger partial charge in [0.05, 0.1) is 11.6 Å². The van der Waals surface area contributed by atoms with Gasteiger partial charge in [-0.25, -0.2) is 0 Å². The molecule has 0 aromatic heterocycles. The van der Waals surface area contributed by atoms with Gasteiger partial charge in [-0.05, 0) is 64.3 Å². The predicted octanol–water partition coefficient (Wildman–Crippen LogP) is 4.89. The molecular weight excluding hydrogens is 324 g/mol. The first-order valence-corrected chi connectivity index (χ1v) is 6.96. The van der Waals surface area contributed by atoms with E-state index in [9.17, 15) is 0 Å². The van der Waals surface area contributed by atoms with Gasteiger partial charge in [-0.1, -0.05) is 17.7 Å². The van der Waals surface area contributed by atoms with E-state index in [1.807, 2.05) is 43.3 Å².